The van der Waals surface area contributed by atoms with Crippen molar-refractivity contribution in [1.29, 1.82) is 0 Å². The number of rotatable bonds is 4. The lowest BCUT2D eigenvalue weighted by Crippen LogP contribution is -2.35. The molecule has 1 aromatic rings. The van der Waals surface area contributed by atoms with Gasteiger partial charge in [-0.15, -0.1) is 0 Å². The Morgan fingerprint density at radius 1 is 1.50 bits per heavy atom. The molecule has 1 amide bonds. The van der Waals surface area contributed by atoms with E-state index < -0.39 is 0 Å². The van der Waals surface area contributed by atoms with Crippen molar-refractivity contribution < 1.29 is 9.90 Å². The number of nitrogens with one attached hydrogen (secondary N) is 1. The van der Waals surface area contributed by atoms with E-state index in [1.807, 2.05) is 7.05 Å². The summed E-state index contributed by atoms with van der Waals surface area (Å²) in [6, 6.07) is 0. The van der Waals surface area contributed by atoms with Crippen LogP contribution in [0.2, 0.25) is 0 Å². The topological polar surface area (TPSA) is 67.2 Å². The zero-order valence-corrected chi connectivity index (χ0v) is 10.8. The number of carbonyl (C=O) groups is 1. The van der Waals surface area contributed by atoms with Gasteiger partial charge in [0.05, 0.1) is 6.33 Å². The van der Waals surface area contributed by atoms with Gasteiger partial charge >= 0.3 is 0 Å². The van der Waals surface area contributed by atoms with Crippen molar-refractivity contribution in [3.8, 4) is 0 Å². The van der Waals surface area contributed by atoms with Crippen LogP contribution in [0.4, 0.5) is 0 Å². The van der Waals surface area contributed by atoms with Crippen molar-refractivity contribution in [1.82, 2.24) is 14.9 Å². The molecule has 2 unspecified atom stereocenters. The summed E-state index contributed by atoms with van der Waals surface area (Å²) in [7, 11) is 1.84. The first-order valence-electron chi connectivity index (χ1n) is 6.57. The maximum atomic E-state index is 11.8. The molecule has 5 heteroatoms. The van der Waals surface area contributed by atoms with Gasteiger partial charge in [-0.3, -0.25) is 4.79 Å². The zero-order chi connectivity index (χ0) is 13.0. The summed E-state index contributed by atoms with van der Waals surface area (Å²) in [6.07, 6.45) is 7.87. The number of aliphatic hydroxyl groups is 1. The predicted molar refractivity (Wildman–Crippen MR) is 68.1 cm³/mol. The monoisotopic (exact) mass is 251 g/mol. The Kier molecular flexibility index (Phi) is 4.36. The van der Waals surface area contributed by atoms with Gasteiger partial charge in [0, 0.05) is 26.4 Å². The van der Waals surface area contributed by atoms with Crippen molar-refractivity contribution in [2.45, 2.75) is 25.7 Å². The summed E-state index contributed by atoms with van der Waals surface area (Å²) in [5.41, 5.74) is 0.453. The maximum Gasteiger partial charge on any atom is 0.271 e. The molecule has 0 spiro atoms. The molecule has 2 atom stereocenters. The number of carbonyl (C=O) groups excluding carboxylic acids is 1. The number of hydrogen-bond acceptors (Lipinski definition) is 3. The third-order valence-electron chi connectivity index (χ3n) is 3.76. The Labute approximate surface area is 107 Å². The second-order valence-corrected chi connectivity index (χ2v) is 5.12. The Hall–Kier alpha value is -1.36. The van der Waals surface area contributed by atoms with Gasteiger partial charge in [-0.2, -0.15) is 0 Å². The predicted octanol–water partition coefficient (Wildman–Crippen LogP) is 0.949. The number of aliphatic hydroxyl groups excluding tert-OH is 1. The summed E-state index contributed by atoms with van der Waals surface area (Å²) in [5.74, 6) is 0.608. The maximum absolute atomic E-state index is 11.8. The van der Waals surface area contributed by atoms with E-state index in [1.165, 1.54) is 12.8 Å². The van der Waals surface area contributed by atoms with E-state index in [0.717, 1.165) is 12.8 Å². The molecule has 0 saturated heterocycles. The SMILES string of the molecule is Cn1cnc(C(=O)NCC2CCCCC2CO)c1. The van der Waals surface area contributed by atoms with Gasteiger partial charge in [-0.25, -0.2) is 4.98 Å². The lowest BCUT2D eigenvalue weighted by Gasteiger charge is -2.30. The molecule has 2 rings (SSSR count). The summed E-state index contributed by atoms with van der Waals surface area (Å²) in [6.45, 7) is 0.866. The van der Waals surface area contributed by atoms with E-state index in [1.54, 1.807) is 17.1 Å². The zero-order valence-electron chi connectivity index (χ0n) is 10.8. The van der Waals surface area contributed by atoms with Crippen LogP contribution in [0.3, 0.4) is 0 Å². The van der Waals surface area contributed by atoms with E-state index in [-0.39, 0.29) is 12.5 Å². The molecular weight excluding hydrogens is 230 g/mol. The highest BCUT2D eigenvalue weighted by atomic mass is 16.3. The van der Waals surface area contributed by atoms with Crippen LogP contribution in [-0.4, -0.2) is 33.7 Å². The fraction of sp³-hybridized carbons (Fsp3) is 0.692. The van der Waals surface area contributed by atoms with Gasteiger partial charge < -0.3 is 15.0 Å². The van der Waals surface area contributed by atoms with Gasteiger partial charge in [0.2, 0.25) is 0 Å². The van der Waals surface area contributed by atoms with Crippen molar-refractivity contribution in [3.63, 3.8) is 0 Å². The molecule has 2 N–H and O–H groups in total. The lowest BCUT2D eigenvalue weighted by molar-refractivity contribution is 0.0905. The molecule has 18 heavy (non-hydrogen) atoms. The Morgan fingerprint density at radius 3 is 2.83 bits per heavy atom. The molecule has 100 valence electrons. The van der Waals surface area contributed by atoms with Gasteiger partial charge in [0.1, 0.15) is 5.69 Å². The Bertz CT molecular complexity index is 403. The number of imidazole rings is 1. The third kappa shape index (κ3) is 3.10. The van der Waals surface area contributed by atoms with Crippen LogP contribution in [0.1, 0.15) is 36.2 Å². The van der Waals surface area contributed by atoms with E-state index in [2.05, 4.69) is 10.3 Å². The summed E-state index contributed by atoms with van der Waals surface area (Å²) in [4.78, 5) is 15.9. The molecule has 0 aromatic carbocycles. The van der Waals surface area contributed by atoms with Gasteiger partial charge in [-0.1, -0.05) is 12.8 Å². The molecule has 1 fully saturated rings. The molecule has 1 aliphatic rings. The van der Waals surface area contributed by atoms with E-state index >= 15 is 0 Å². The van der Waals surface area contributed by atoms with Crippen LogP contribution in [0.5, 0.6) is 0 Å². The number of aromatic nitrogens is 2. The van der Waals surface area contributed by atoms with Crippen LogP contribution >= 0.6 is 0 Å². The molecule has 0 radical (unpaired) electrons. The first kappa shape index (κ1) is 13.1. The van der Waals surface area contributed by atoms with E-state index in [9.17, 15) is 9.90 Å². The van der Waals surface area contributed by atoms with Gasteiger partial charge in [0.25, 0.3) is 5.91 Å². The van der Waals surface area contributed by atoms with E-state index in [4.69, 9.17) is 0 Å². The molecule has 0 bridgehead atoms. The van der Waals surface area contributed by atoms with Crippen molar-refractivity contribution in [2.75, 3.05) is 13.2 Å². The summed E-state index contributed by atoms with van der Waals surface area (Å²) >= 11 is 0. The first-order chi connectivity index (χ1) is 8.70. The number of hydrogen-bond donors (Lipinski definition) is 2. The average Bonchev–Trinajstić information content (AvgIpc) is 2.83. The Balaban J connectivity index is 1.85. The van der Waals surface area contributed by atoms with Crippen LogP contribution in [-0.2, 0) is 7.05 Å². The van der Waals surface area contributed by atoms with Gasteiger partial charge in [0.15, 0.2) is 0 Å². The standard InChI is InChI=1S/C13H21N3O2/c1-16-7-12(15-9-16)13(18)14-6-10-4-2-3-5-11(10)8-17/h7,9-11,17H,2-6,8H2,1H3,(H,14,18). The smallest absolute Gasteiger partial charge is 0.271 e. The normalized spacial score (nSPS) is 23.9. The van der Waals surface area contributed by atoms with Crippen LogP contribution < -0.4 is 5.32 Å². The quantitative estimate of drug-likeness (QED) is 0.837. The van der Waals surface area contributed by atoms with Crippen molar-refractivity contribution >= 4 is 5.91 Å². The second-order valence-electron chi connectivity index (χ2n) is 5.12. The minimum Gasteiger partial charge on any atom is -0.396 e. The van der Waals surface area contributed by atoms with Gasteiger partial charge in [-0.05, 0) is 24.7 Å². The molecular formula is C13H21N3O2. The van der Waals surface area contributed by atoms with Crippen LogP contribution in [0, 0.1) is 11.8 Å². The highest BCUT2D eigenvalue weighted by Gasteiger charge is 2.25. The highest BCUT2D eigenvalue weighted by Crippen LogP contribution is 2.29. The highest BCUT2D eigenvalue weighted by molar-refractivity contribution is 5.91. The number of nitrogens with zero attached hydrogens (tertiary/aromatic N) is 2. The lowest BCUT2D eigenvalue weighted by atomic mass is 9.79. The summed E-state index contributed by atoms with van der Waals surface area (Å²) in [5, 5.41) is 12.2. The molecule has 1 saturated carbocycles. The first-order valence-corrected chi connectivity index (χ1v) is 6.57. The fourth-order valence-corrected chi connectivity index (χ4v) is 2.64. The van der Waals surface area contributed by atoms with Crippen molar-refractivity contribution in [3.05, 3.63) is 18.2 Å². The Morgan fingerprint density at radius 2 is 2.22 bits per heavy atom. The molecule has 5 nitrogen and oxygen atoms in total. The number of aryl methyl sites for hydroxylation is 1. The minimum absolute atomic E-state index is 0.127. The molecule has 1 aliphatic carbocycles. The summed E-state index contributed by atoms with van der Waals surface area (Å²) < 4.78 is 1.76. The largest absolute Gasteiger partial charge is 0.396 e. The van der Waals surface area contributed by atoms with E-state index in [0.29, 0.717) is 24.1 Å². The van der Waals surface area contributed by atoms with Crippen LogP contribution in [0.15, 0.2) is 12.5 Å². The van der Waals surface area contributed by atoms with Crippen molar-refractivity contribution in [2.24, 2.45) is 18.9 Å². The van der Waals surface area contributed by atoms with Crippen LogP contribution in [0.25, 0.3) is 0 Å². The number of amides is 1. The second kappa shape index (κ2) is 6.00. The molecule has 0 aliphatic heterocycles. The molecule has 1 heterocycles. The molecule has 1 aromatic heterocycles. The minimum atomic E-state index is -0.127. The fourth-order valence-electron chi connectivity index (χ4n) is 2.64. The third-order valence-corrected chi connectivity index (χ3v) is 3.76. The average molecular weight is 251 g/mol.